The van der Waals surface area contributed by atoms with Crippen molar-refractivity contribution in [3.63, 3.8) is 0 Å². The van der Waals surface area contributed by atoms with Gasteiger partial charge < -0.3 is 5.32 Å². The summed E-state index contributed by atoms with van der Waals surface area (Å²) in [5, 5.41) is 2.93. The molecule has 0 aliphatic carbocycles. The number of carbonyl (C=O) groups is 1. The summed E-state index contributed by atoms with van der Waals surface area (Å²) in [6.07, 6.45) is 0. The Kier molecular flexibility index (Phi) is 4.46. The van der Waals surface area contributed by atoms with Crippen molar-refractivity contribution < 1.29 is 4.79 Å². The van der Waals surface area contributed by atoms with Crippen LogP contribution in [-0.4, -0.2) is 5.91 Å². The van der Waals surface area contributed by atoms with E-state index in [9.17, 15) is 4.79 Å². The van der Waals surface area contributed by atoms with Gasteiger partial charge in [-0.05, 0) is 49.6 Å². The summed E-state index contributed by atoms with van der Waals surface area (Å²) >= 11 is 5.75. The third-order valence-corrected chi connectivity index (χ3v) is 3.58. The minimum Gasteiger partial charge on any atom is -0.322 e. The molecule has 0 saturated carbocycles. The molecule has 2 aromatic rings. The van der Waals surface area contributed by atoms with Crippen LogP contribution in [0.5, 0.6) is 0 Å². The van der Waals surface area contributed by atoms with E-state index in [0.29, 0.717) is 5.88 Å². The molecular weight excluding hydrogens is 270 g/mol. The number of rotatable bonds is 3. The number of anilines is 1. The second kappa shape index (κ2) is 6.10. The predicted molar refractivity (Wildman–Crippen MR) is 84.6 cm³/mol. The van der Waals surface area contributed by atoms with Gasteiger partial charge in [0.1, 0.15) is 0 Å². The van der Waals surface area contributed by atoms with E-state index in [1.165, 1.54) is 5.56 Å². The van der Waals surface area contributed by atoms with Crippen LogP contribution in [0.3, 0.4) is 0 Å². The first-order chi connectivity index (χ1) is 9.51. The molecule has 0 radical (unpaired) electrons. The number of hydrogen-bond acceptors (Lipinski definition) is 1. The van der Waals surface area contributed by atoms with Crippen LogP contribution in [0.25, 0.3) is 0 Å². The van der Waals surface area contributed by atoms with Crippen LogP contribution in [0.1, 0.15) is 32.6 Å². The van der Waals surface area contributed by atoms with E-state index < -0.39 is 0 Å². The van der Waals surface area contributed by atoms with Crippen molar-refractivity contribution in [2.75, 3.05) is 5.32 Å². The Balaban J connectivity index is 2.23. The fourth-order valence-corrected chi connectivity index (χ4v) is 2.59. The molecule has 1 N–H and O–H groups in total. The molecule has 0 spiro atoms. The molecular formula is C17H18ClNO. The van der Waals surface area contributed by atoms with Crippen molar-refractivity contribution in [1.82, 2.24) is 0 Å². The SMILES string of the molecule is Cc1cc(C)c(C(=O)Nc2ccc(CCl)cc2)c(C)c1. The molecule has 0 fully saturated rings. The Morgan fingerprint density at radius 2 is 1.60 bits per heavy atom. The second-order valence-electron chi connectivity index (χ2n) is 5.06. The first-order valence-electron chi connectivity index (χ1n) is 6.55. The minimum absolute atomic E-state index is 0.0707. The number of aryl methyl sites for hydroxylation is 3. The average Bonchev–Trinajstić information content (AvgIpc) is 2.38. The Morgan fingerprint density at radius 3 is 2.10 bits per heavy atom. The van der Waals surface area contributed by atoms with Gasteiger partial charge in [-0.2, -0.15) is 0 Å². The van der Waals surface area contributed by atoms with Crippen molar-refractivity contribution in [2.45, 2.75) is 26.7 Å². The van der Waals surface area contributed by atoms with Crippen molar-refractivity contribution in [3.05, 3.63) is 64.2 Å². The van der Waals surface area contributed by atoms with Crippen LogP contribution in [0.4, 0.5) is 5.69 Å². The highest BCUT2D eigenvalue weighted by atomic mass is 35.5. The quantitative estimate of drug-likeness (QED) is 0.821. The monoisotopic (exact) mass is 287 g/mol. The lowest BCUT2D eigenvalue weighted by Gasteiger charge is -2.12. The van der Waals surface area contributed by atoms with Gasteiger partial charge in [0.15, 0.2) is 0 Å². The first-order valence-corrected chi connectivity index (χ1v) is 7.09. The van der Waals surface area contributed by atoms with Crippen LogP contribution < -0.4 is 5.32 Å². The Labute approximate surface area is 124 Å². The Bertz CT molecular complexity index is 609. The molecule has 2 rings (SSSR count). The number of carbonyl (C=O) groups excluding carboxylic acids is 1. The highest BCUT2D eigenvalue weighted by Crippen LogP contribution is 2.19. The lowest BCUT2D eigenvalue weighted by Crippen LogP contribution is -2.15. The van der Waals surface area contributed by atoms with Gasteiger partial charge in [-0.25, -0.2) is 0 Å². The van der Waals surface area contributed by atoms with E-state index in [-0.39, 0.29) is 5.91 Å². The van der Waals surface area contributed by atoms with Crippen LogP contribution in [0.2, 0.25) is 0 Å². The highest BCUT2D eigenvalue weighted by Gasteiger charge is 2.12. The van der Waals surface area contributed by atoms with Gasteiger partial charge in [-0.1, -0.05) is 29.8 Å². The normalized spacial score (nSPS) is 10.4. The van der Waals surface area contributed by atoms with E-state index >= 15 is 0 Å². The predicted octanol–water partition coefficient (Wildman–Crippen LogP) is 4.60. The highest BCUT2D eigenvalue weighted by molar-refractivity contribution is 6.17. The summed E-state index contributed by atoms with van der Waals surface area (Å²) in [5.41, 5.74) is 5.73. The molecule has 2 aromatic carbocycles. The van der Waals surface area contributed by atoms with E-state index in [2.05, 4.69) is 5.32 Å². The molecule has 0 bridgehead atoms. The van der Waals surface area contributed by atoms with E-state index in [0.717, 1.165) is 27.9 Å². The molecule has 2 nitrogen and oxygen atoms in total. The molecule has 0 heterocycles. The number of halogens is 1. The smallest absolute Gasteiger partial charge is 0.256 e. The number of alkyl halides is 1. The summed E-state index contributed by atoms with van der Waals surface area (Å²) in [4.78, 5) is 12.4. The van der Waals surface area contributed by atoms with Gasteiger partial charge in [0, 0.05) is 17.1 Å². The zero-order valence-corrected chi connectivity index (χ0v) is 12.7. The number of nitrogens with one attached hydrogen (secondary N) is 1. The number of hydrogen-bond donors (Lipinski definition) is 1. The molecule has 3 heteroatoms. The third kappa shape index (κ3) is 3.20. The van der Waals surface area contributed by atoms with Crippen molar-refractivity contribution in [3.8, 4) is 0 Å². The summed E-state index contributed by atoms with van der Waals surface area (Å²) in [7, 11) is 0. The molecule has 104 valence electrons. The van der Waals surface area contributed by atoms with Gasteiger partial charge >= 0.3 is 0 Å². The van der Waals surface area contributed by atoms with Gasteiger partial charge in [0.25, 0.3) is 5.91 Å². The Morgan fingerprint density at radius 1 is 1.05 bits per heavy atom. The lowest BCUT2D eigenvalue weighted by molar-refractivity contribution is 0.102. The zero-order valence-electron chi connectivity index (χ0n) is 12.0. The maximum Gasteiger partial charge on any atom is 0.256 e. The number of amides is 1. The van der Waals surface area contributed by atoms with Gasteiger partial charge in [-0.3, -0.25) is 4.79 Å². The van der Waals surface area contributed by atoms with Gasteiger partial charge in [0.2, 0.25) is 0 Å². The molecule has 0 unspecified atom stereocenters. The van der Waals surface area contributed by atoms with Crippen LogP contribution in [0.15, 0.2) is 36.4 Å². The first kappa shape index (κ1) is 14.6. The minimum atomic E-state index is -0.0707. The van der Waals surface area contributed by atoms with Gasteiger partial charge in [-0.15, -0.1) is 11.6 Å². The fraction of sp³-hybridized carbons (Fsp3) is 0.235. The van der Waals surface area contributed by atoms with Crippen LogP contribution in [0, 0.1) is 20.8 Å². The lowest BCUT2D eigenvalue weighted by atomic mass is 9.99. The summed E-state index contributed by atoms with van der Waals surface area (Å²) < 4.78 is 0. The molecule has 0 saturated heterocycles. The van der Waals surface area contributed by atoms with Crippen LogP contribution in [-0.2, 0) is 5.88 Å². The third-order valence-electron chi connectivity index (χ3n) is 3.27. The average molecular weight is 288 g/mol. The van der Waals surface area contributed by atoms with Crippen LogP contribution >= 0.6 is 11.6 Å². The van der Waals surface area contributed by atoms with E-state index in [4.69, 9.17) is 11.6 Å². The summed E-state index contributed by atoms with van der Waals surface area (Å²) in [6.45, 7) is 5.96. The maximum absolute atomic E-state index is 12.4. The van der Waals surface area contributed by atoms with Gasteiger partial charge in [0.05, 0.1) is 0 Å². The molecule has 1 amide bonds. The second-order valence-corrected chi connectivity index (χ2v) is 5.33. The maximum atomic E-state index is 12.4. The standard InChI is InChI=1S/C17H18ClNO/c1-11-8-12(2)16(13(3)9-11)17(20)19-15-6-4-14(10-18)5-7-15/h4-9H,10H2,1-3H3,(H,19,20). The number of benzene rings is 2. The fourth-order valence-electron chi connectivity index (χ4n) is 2.41. The molecule has 0 atom stereocenters. The molecule has 0 aliphatic rings. The van der Waals surface area contributed by atoms with E-state index in [1.807, 2.05) is 57.2 Å². The molecule has 0 aliphatic heterocycles. The topological polar surface area (TPSA) is 29.1 Å². The summed E-state index contributed by atoms with van der Waals surface area (Å²) in [6, 6.07) is 11.6. The largest absolute Gasteiger partial charge is 0.322 e. The molecule has 20 heavy (non-hydrogen) atoms. The summed E-state index contributed by atoms with van der Waals surface area (Å²) in [5.74, 6) is 0.406. The van der Waals surface area contributed by atoms with Crippen molar-refractivity contribution in [1.29, 1.82) is 0 Å². The Hall–Kier alpha value is -1.80. The van der Waals surface area contributed by atoms with E-state index in [1.54, 1.807) is 0 Å². The van der Waals surface area contributed by atoms with Crippen molar-refractivity contribution in [2.24, 2.45) is 0 Å². The zero-order chi connectivity index (χ0) is 14.7. The molecule has 0 aromatic heterocycles. The van der Waals surface area contributed by atoms with Crippen molar-refractivity contribution >= 4 is 23.2 Å².